The maximum absolute atomic E-state index is 12.5. The van der Waals surface area contributed by atoms with Crippen LogP contribution in [0.25, 0.3) is 5.69 Å². The maximum Gasteiger partial charge on any atom is 0.237 e. The number of carbonyl (C=O) groups excluding carboxylic acids is 1. The third-order valence-electron chi connectivity index (χ3n) is 4.16. The van der Waals surface area contributed by atoms with Crippen LogP contribution in [0.5, 0.6) is 0 Å². The van der Waals surface area contributed by atoms with Crippen LogP contribution in [0, 0.1) is 13.8 Å². The number of imidazole rings is 1. The van der Waals surface area contributed by atoms with Crippen LogP contribution in [-0.2, 0) is 4.79 Å². The summed E-state index contributed by atoms with van der Waals surface area (Å²) in [6.07, 6.45) is 3.65. The molecule has 1 unspecified atom stereocenters. The molecule has 0 aliphatic heterocycles. The highest BCUT2D eigenvalue weighted by atomic mass is 35.5. The number of anilines is 1. The van der Waals surface area contributed by atoms with Gasteiger partial charge in [0.05, 0.1) is 16.0 Å². The van der Waals surface area contributed by atoms with Crippen LogP contribution < -0.4 is 5.32 Å². The monoisotopic (exact) mass is 385 g/mol. The molecule has 2 aromatic carbocycles. The Bertz CT molecular complexity index is 938. The second-order valence-corrected chi connectivity index (χ2v) is 7.79. The molecule has 3 rings (SSSR count). The minimum atomic E-state index is -0.320. The van der Waals surface area contributed by atoms with Crippen molar-refractivity contribution in [2.75, 3.05) is 5.32 Å². The van der Waals surface area contributed by atoms with Gasteiger partial charge in [-0.25, -0.2) is 4.98 Å². The number of nitrogens with one attached hydrogen (secondary N) is 1. The zero-order valence-corrected chi connectivity index (χ0v) is 16.4. The van der Waals surface area contributed by atoms with Crippen molar-refractivity contribution in [2.45, 2.75) is 31.2 Å². The van der Waals surface area contributed by atoms with Crippen LogP contribution in [-0.4, -0.2) is 20.7 Å². The molecule has 1 heterocycles. The molecule has 1 N–H and O–H groups in total. The quantitative estimate of drug-likeness (QED) is 0.609. The van der Waals surface area contributed by atoms with Gasteiger partial charge in [0.15, 0.2) is 5.16 Å². The number of carbonyl (C=O) groups is 1. The van der Waals surface area contributed by atoms with Crippen LogP contribution in [0.4, 0.5) is 5.69 Å². The lowest BCUT2D eigenvalue weighted by Gasteiger charge is -2.14. The highest BCUT2D eigenvalue weighted by Crippen LogP contribution is 2.27. The number of aryl methyl sites for hydroxylation is 2. The molecule has 0 fully saturated rings. The van der Waals surface area contributed by atoms with E-state index in [1.54, 1.807) is 18.3 Å². The lowest BCUT2D eigenvalue weighted by atomic mass is 10.1. The van der Waals surface area contributed by atoms with Crippen molar-refractivity contribution in [3.63, 3.8) is 0 Å². The second-order valence-electron chi connectivity index (χ2n) is 6.08. The SMILES string of the molecule is Cc1ccc(-n2ccnc2SC(C)C(=O)Nc2ccccc2Cl)cc1C. The predicted molar refractivity (Wildman–Crippen MR) is 108 cm³/mol. The third kappa shape index (κ3) is 4.11. The highest BCUT2D eigenvalue weighted by molar-refractivity contribution is 8.00. The van der Waals surface area contributed by atoms with Gasteiger partial charge in [-0.05, 0) is 56.2 Å². The Hall–Kier alpha value is -2.24. The number of hydrogen-bond donors (Lipinski definition) is 1. The van der Waals surface area contributed by atoms with Crippen LogP contribution >= 0.6 is 23.4 Å². The minimum Gasteiger partial charge on any atom is -0.324 e. The molecule has 0 aliphatic carbocycles. The molecule has 134 valence electrons. The molecular weight excluding hydrogens is 366 g/mol. The van der Waals surface area contributed by atoms with E-state index in [-0.39, 0.29) is 11.2 Å². The second kappa shape index (κ2) is 7.98. The Kier molecular flexibility index (Phi) is 5.69. The first-order valence-electron chi connectivity index (χ1n) is 8.28. The maximum atomic E-state index is 12.5. The molecule has 1 atom stereocenters. The molecular formula is C20H20ClN3OS. The zero-order chi connectivity index (χ0) is 18.7. The number of para-hydroxylation sites is 1. The fraction of sp³-hybridized carbons (Fsp3) is 0.200. The van der Waals surface area contributed by atoms with E-state index in [9.17, 15) is 4.79 Å². The van der Waals surface area contributed by atoms with Gasteiger partial charge in [0, 0.05) is 18.1 Å². The summed E-state index contributed by atoms with van der Waals surface area (Å²) in [5, 5.41) is 3.85. The summed E-state index contributed by atoms with van der Waals surface area (Å²) in [5.74, 6) is -0.113. The van der Waals surface area contributed by atoms with Gasteiger partial charge in [-0.2, -0.15) is 0 Å². The number of rotatable bonds is 5. The van der Waals surface area contributed by atoms with Gasteiger partial charge >= 0.3 is 0 Å². The summed E-state index contributed by atoms with van der Waals surface area (Å²) in [6, 6.07) is 13.5. The van der Waals surface area contributed by atoms with Gasteiger partial charge in [-0.1, -0.05) is 41.6 Å². The Labute approximate surface area is 162 Å². The summed E-state index contributed by atoms with van der Waals surface area (Å²) in [4.78, 5) is 16.9. The molecule has 0 saturated carbocycles. The molecule has 3 aromatic rings. The van der Waals surface area contributed by atoms with Crippen LogP contribution in [0.1, 0.15) is 18.1 Å². The van der Waals surface area contributed by atoms with Crippen molar-refractivity contribution >= 4 is 35.0 Å². The lowest BCUT2D eigenvalue weighted by Crippen LogP contribution is -2.23. The van der Waals surface area contributed by atoms with E-state index in [4.69, 9.17) is 11.6 Å². The third-order valence-corrected chi connectivity index (χ3v) is 5.57. The molecule has 0 bridgehead atoms. The summed E-state index contributed by atoms with van der Waals surface area (Å²) in [5.41, 5.74) is 4.11. The molecule has 26 heavy (non-hydrogen) atoms. The van der Waals surface area contributed by atoms with Crippen LogP contribution in [0.2, 0.25) is 5.02 Å². The fourth-order valence-electron chi connectivity index (χ4n) is 2.46. The van der Waals surface area contributed by atoms with Gasteiger partial charge in [0.1, 0.15) is 0 Å². The van der Waals surface area contributed by atoms with E-state index in [2.05, 4.69) is 42.3 Å². The topological polar surface area (TPSA) is 46.9 Å². The van der Waals surface area contributed by atoms with Crippen molar-refractivity contribution in [3.8, 4) is 5.69 Å². The number of thioether (sulfide) groups is 1. The number of nitrogens with zero attached hydrogens (tertiary/aromatic N) is 2. The minimum absolute atomic E-state index is 0.113. The van der Waals surface area contributed by atoms with Crippen molar-refractivity contribution in [1.29, 1.82) is 0 Å². The number of halogens is 1. The Morgan fingerprint density at radius 3 is 2.69 bits per heavy atom. The van der Waals surface area contributed by atoms with E-state index < -0.39 is 0 Å². The number of hydrogen-bond acceptors (Lipinski definition) is 3. The van der Waals surface area contributed by atoms with Gasteiger partial charge in [0.25, 0.3) is 0 Å². The summed E-state index contributed by atoms with van der Waals surface area (Å²) in [7, 11) is 0. The summed E-state index contributed by atoms with van der Waals surface area (Å²) < 4.78 is 2.00. The average Bonchev–Trinajstić information content (AvgIpc) is 3.07. The van der Waals surface area contributed by atoms with Crippen molar-refractivity contribution < 1.29 is 4.79 Å². The largest absolute Gasteiger partial charge is 0.324 e. The summed E-state index contributed by atoms with van der Waals surface area (Å²) >= 11 is 7.52. The fourth-order valence-corrected chi connectivity index (χ4v) is 3.52. The average molecular weight is 386 g/mol. The smallest absolute Gasteiger partial charge is 0.237 e. The van der Waals surface area contributed by atoms with Crippen molar-refractivity contribution in [1.82, 2.24) is 9.55 Å². The van der Waals surface area contributed by atoms with Crippen LogP contribution in [0.3, 0.4) is 0 Å². The first-order chi connectivity index (χ1) is 12.5. The van der Waals surface area contributed by atoms with E-state index in [0.29, 0.717) is 10.7 Å². The van der Waals surface area contributed by atoms with Crippen molar-refractivity contribution in [2.24, 2.45) is 0 Å². The Morgan fingerprint density at radius 1 is 1.19 bits per heavy atom. The number of aromatic nitrogens is 2. The molecule has 6 heteroatoms. The van der Waals surface area contributed by atoms with Crippen LogP contribution in [0.15, 0.2) is 60.0 Å². The molecule has 0 radical (unpaired) electrons. The molecule has 0 saturated heterocycles. The Balaban J connectivity index is 1.75. The number of benzene rings is 2. The van der Waals surface area contributed by atoms with Gasteiger partial charge in [-0.3, -0.25) is 9.36 Å². The van der Waals surface area contributed by atoms with E-state index in [1.807, 2.05) is 29.8 Å². The molecule has 1 amide bonds. The standard InChI is InChI=1S/C20H20ClN3OS/c1-13-8-9-16(12-14(13)2)24-11-10-22-20(24)26-15(3)19(25)23-18-7-5-4-6-17(18)21/h4-12,15H,1-3H3,(H,23,25). The molecule has 1 aromatic heterocycles. The van der Waals surface area contributed by atoms with Gasteiger partial charge in [-0.15, -0.1) is 0 Å². The molecule has 0 spiro atoms. The van der Waals surface area contributed by atoms with Gasteiger partial charge < -0.3 is 5.32 Å². The van der Waals surface area contributed by atoms with E-state index >= 15 is 0 Å². The highest BCUT2D eigenvalue weighted by Gasteiger charge is 2.18. The predicted octanol–water partition coefficient (Wildman–Crippen LogP) is 5.26. The van der Waals surface area contributed by atoms with E-state index in [1.165, 1.54) is 22.9 Å². The normalized spacial score (nSPS) is 12.0. The van der Waals surface area contributed by atoms with Gasteiger partial charge in [0.2, 0.25) is 5.91 Å². The molecule has 0 aliphatic rings. The van der Waals surface area contributed by atoms with Crippen molar-refractivity contribution in [3.05, 3.63) is 71.0 Å². The first kappa shape index (κ1) is 18.5. The number of amides is 1. The van der Waals surface area contributed by atoms with E-state index in [0.717, 1.165) is 10.8 Å². The molecule has 4 nitrogen and oxygen atoms in total. The summed E-state index contributed by atoms with van der Waals surface area (Å²) in [6.45, 7) is 6.03. The Morgan fingerprint density at radius 2 is 1.96 bits per heavy atom. The lowest BCUT2D eigenvalue weighted by molar-refractivity contribution is -0.115. The zero-order valence-electron chi connectivity index (χ0n) is 14.9. The first-order valence-corrected chi connectivity index (χ1v) is 9.54.